The molecule has 1 aliphatic rings. The summed E-state index contributed by atoms with van der Waals surface area (Å²) in [4.78, 5) is 14.1. The van der Waals surface area contributed by atoms with E-state index in [9.17, 15) is 4.79 Å². The molecule has 0 saturated carbocycles. The summed E-state index contributed by atoms with van der Waals surface area (Å²) in [6.07, 6.45) is 1.40. The van der Waals surface area contributed by atoms with E-state index in [2.05, 4.69) is 13.8 Å². The SMILES string of the molecule is CCN1C(=O)CCC(C)(C)c2cc(N)c(OC)cc21. The lowest BCUT2D eigenvalue weighted by Gasteiger charge is -2.28. The Kier molecular flexibility index (Phi) is 3.43. The molecule has 104 valence electrons. The highest BCUT2D eigenvalue weighted by Crippen LogP contribution is 2.43. The number of nitrogens with two attached hydrogens (primary N) is 1. The number of amides is 1. The fraction of sp³-hybridized carbons (Fsp3) is 0.533. The lowest BCUT2D eigenvalue weighted by atomic mass is 9.80. The second kappa shape index (κ2) is 4.76. The second-order valence-corrected chi connectivity index (χ2v) is 5.63. The van der Waals surface area contributed by atoms with Gasteiger partial charge in [0.15, 0.2) is 0 Å². The van der Waals surface area contributed by atoms with Gasteiger partial charge in [0, 0.05) is 19.0 Å². The number of methoxy groups -OCH3 is 1. The summed E-state index contributed by atoms with van der Waals surface area (Å²) >= 11 is 0. The van der Waals surface area contributed by atoms with Crippen LogP contribution in [0.2, 0.25) is 0 Å². The van der Waals surface area contributed by atoms with Crippen molar-refractivity contribution in [2.24, 2.45) is 0 Å². The third kappa shape index (κ3) is 2.27. The first-order valence-electron chi connectivity index (χ1n) is 6.69. The van der Waals surface area contributed by atoms with Gasteiger partial charge in [0.05, 0.1) is 18.5 Å². The molecule has 1 heterocycles. The van der Waals surface area contributed by atoms with Crippen LogP contribution in [0.25, 0.3) is 0 Å². The first kappa shape index (κ1) is 13.7. The summed E-state index contributed by atoms with van der Waals surface area (Å²) in [6, 6.07) is 3.84. The largest absolute Gasteiger partial charge is 0.495 e. The molecule has 1 amide bonds. The van der Waals surface area contributed by atoms with Gasteiger partial charge in [-0.3, -0.25) is 4.79 Å². The zero-order valence-electron chi connectivity index (χ0n) is 12.1. The monoisotopic (exact) mass is 262 g/mol. The molecule has 1 aromatic carbocycles. The molecule has 0 bridgehead atoms. The van der Waals surface area contributed by atoms with Gasteiger partial charge < -0.3 is 15.4 Å². The van der Waals surface area contributed by atoms with Gasteiger partial charge in [-0.1, -0.05) is 13.8 Å². The quantitative estimate of drug-likeness (QED) is 0.834. The number of anilines is 2. The molecule has 4 nitrogen and oxygen atoms in total. The van der Waals surface area contributed by atoms with E-state index in [0.29, 0.717) is 24.4 Å². The van der Waals surface area contributed by atoms with Crippen LogP contribution in [-0.4, -0.2) is 19.6 Å². The number of hydrogen-bond donors (Lipinski definition) is 1. The van der Waals surface area contributed by atoms with Crippen molar-refractivity contribution in [2.45, 2.75) is 39.0 Å². The van der Waals surface area contributed by atoms with E-state index in [4.69, 9.17) is 10.5 Å². The Morgan fingerprint density at radius 3 is 2.68 bits per heavy atom. The van der Waals surface area contributed by atoms with Crippen LogP contribution in [0.1, 0.15) is 39.2 Å². The van der Waals surface area contributed by atoms with Gasteiger partial charge >= 0.3 is 0 Å². The van der Waals surface area contributed by atoms with Crippen molar-refractivity contribution in [3.63, 3.8) is 0 Å². The minimum atomic E-state index is -0.0602. The fourth-order valence-corrected chi connectivity index (χ4v) is 2.70. The molecule has 0 aromatic heterocycles. The molecule has 0 saturated heterocycles. The number of nitrogen functional groups attached to an aromatic ring is 1. The van der Waals surface area contributed by atoms with Crippen LogP contribution >= 0.6 is 0 Å². The molecule has 2 rings (SSSR count). The summed E-state index contributed by atoms with van der Waals surface area (Å²) < 4.78 is 5.29. The van der Waals surface area contributed by atoms with E-state index in [1.165, 1.54) is 0 Å². The van der Waals surface area contributed by atoms with Gasteiger partial charge in [0.25, 0.3) is 0 Å². The molecule has 2 N–H and O–H groups in total. The minimum Gasteiger partial charge on any atom is -0.495 e. The predicted octanol–water partition coefficient (Wildman–Crippen LogP) is 2.70. The van der Waals surface area contributed by atoms with Crippen molar-refractivity contribution in [2.75, 3.05) is 24.3 Å². The van der Waals surface area contributed by atoms with E-state index in [1.54, 1.807) is 7.11 Å². The molecule has 19 heavy (non-hydrogen) atoms. The molecule has 0 spiro atoms. The molecule has 1 aliphatic heterocycles. The van der Waals surface area contributed by atoms with E-state index >= 15 is 0 Å². The molecule has 0 atom stereocenters. The highest BCUT2D eigenvalue weighted by molar-refractivity contribution is 5.96. The number of hydrogen-bond acceptors (Lipinski definition) is 3. The number of benzene rings is 1. The van der Waals surface area contributed by atoms with Gasteiger partial charge in [-0.25, -0.2) is 0 Å². The number of carbonyl (C=O) groups is 1. The van der Waals surface area contributed by atoms with Gasteiger partial charge in [0.2, 0.25) is 5.91 Å². The summed E-state index contributed by atoms with van der Waals surface area (Å²) in [7, 11) is 1.60. The molecule has 0 aliphatic carbocycles. The zero-order valence-corrected chi connectivity index (χ0v) is 12.1. The first-order chi connectivity index (χ1) is 8.90. The number of nitrogens with zero attached hydrogens (tertiary/aromatic N) is 1. The summed E-state index contributed by atoms with van der Waals surface area (Å²) in [5.41, 5.74) is 8.64. The van der Waals surface area contributed by atoms with Gasteiger partial charge in [-0.05, 0) is 30.4 Å². The third-order valence-electron chi connectivity index (χ3n) is 3.95. The third-order valence-corrected chi connectivity index (χ3v) is 3.95. The van der Waals surface area contributed by atoms with E-state index in [0.717, 1.165) is 17.7 Å². The second-order valence-electron chi connectivity index (χ2n) is 5.63. The molecule has 0 fully saturated rings. The highest BCUT2D eigenvalue weighted by atomic mass is 16.5. The average Bonchev–Trinajstić information content (AvgIpc) is 2.46. The van der Waals surface area contributed by atoms with Crippen LogP contribution in [0.5, 0.6) is 5.75 Å². The molecule has 0 radical (unpaired) electrons. The van der Waals surface area contributed by atoms with Crippen LogP contribution in [0.15, 0.2) is 12.1 Å². The number of fused-ring (bicyclic) bond motifs is 1. The van der Waals surface area contributed by atoms with E-state index in [1.807, 2.05) is 24.0 Å². The Bertz CT molecular complexity index is 509. The Hall–Kier alpha value is -1.71. The number of ether oxygens (including phenoxy) is 1. The lowest BCUT2D eigenvalue weighted by Crippen LogP contribution is -2.29. The van der Waals surface area contributed by atoms with Gasteiger partial charge in [-0.2, -0.15) is 0 Å². The van der Waals surface area contributed by atoms with E-state index < -0.39 is 0 Å². The van der Waals surface area contributed by atoms with Crippen LogP contribution in [0, 0.1) is 0 Å². The summed E-state index contributed by atoms with van der Waals surface area (Å²) in [6.45, 7) is 6.96. The van der Waals surface area contributed by atoms with Crippen molar-refractivity contribution in [3.8, 4) is 5.75 Å². The van der Waals surface area contributed by atoms with Crippen molar-refractivity contribution in [1.29, 1.82) is 0 Å². The van der Waals surface area contributed by atoms with Gasteiger partial charge in [-0.15, -0.1) is 0 Å². The molecule has 0 unspecified atom stereocenters. The standard InChI is InChI=1S/C15H22N2O2/c1-5-17-12-9-13(19-4)11(16)8-10(12)15(2,3)7-6-14(17)18/h8-9H,5-7,16H2,1-4H3. The van der Waals surface area contributed by atoms with Crippen molar-refractivity contribution in [1.82, 2.24) is 0 Å². The maximum Gasteiger partial charge on any atom is 0.227 e. The molecular formula is C15H22N2O2. The fourth-order valence-electron chi connectivity index (χ4n) is 2.70. The normalized spacial score (nSPS) is 17.9. The van der Waals surface area contributed by atoms with Crippen molar-refractivity contribution >= 4 is 17.3 Å². The predicted molar refractivity (Wildman–Crippen MR) is 77.7 cm³/mol. The maximum absolute atomic E-state index is 12.2. The first-order valence-corrected chi connectivity index (χ1v) is 6.69. The Morgan fingerprint density at radius 2 is 2.11 bits per heavy atom. The van der Waals surface area contributed by atoms with Crippen LogP contribution in [0.3, 0.4) is 0 Å². The smallest absolute Gasteiger partial charge is 0.227 e. The minimum absolute atomic E-state index is 0.0602. The Balaban J connectivity index is 2.68. The maximum atomic E-state index is 12.2. The summed E-state index contributed by atoms with van der Waals surface area (Å²) in [5.74, 6) is 0.795. The van der Waals surface area contributed by atoms with E-state index in [-0.39, 0.29) is 11.3 Å². The Morgan fingerprint density at radius 1 is 1.42 bits per heavy atom. The van der Waals surface area contributed by atoms with Gasteiger partial charge in [0.1, 0.15) is 5.75 Å². The highest BCUT2D eigenvalue weighted by Gasteiger charge is 2.33. The van der Waals surface area contributed by atoms with Crippen molar-refractivity contribution in [3.05, 3.63) is 17.7 Å². The number of rotatable bonds is 2. The van der Waals surface area contributed by atoms with Crippen LogP contribution in [0.4, 0.5) is 11.4 Å². The van der Waals surface area contributed by atoms with Crippen LogP contribution in [-0.2, 0) is 10.2 Å². The van der Waals surface area contributed by atoms with Crippen molar-refractivity contribution < 1.29 is 9.53 Å². The molecule has 1 aromatic rings. The topological polar surface area (TPSA) is 55.6 Å². The number of carbonyl (C=O) groups excluding carboxylic acids is 1. The Labute approximate surface area is 114 Å². The van der Waals surface area contributed by atoms with Crippen LogP contribution < -0.4 is 15.4 Å². The molecule has 4 heteroatoms. The molecular weight excluding hydrogens is 240 g/mol. The lowest BCUT2D eigenvalue weighted by molar-refractivity contribution is -0.118. The summed E-state index contributed by atoms with van der Waals surface area (Å²) in [5, 5.41) is 0. The average molecular weight is 262 g/mol. The zero-order chi connectivity index (χ0) is 14.2.